The SMILES string of the molecule is CCCOc1cccc(NC2=C(c3cccs3)C(=O)N(c3ccc(C(C)C)cc3)C2=O)c1. The zero-order valence-corrected chi connectivity index (χ0v) is 19.2. The first-order valence-electron chi connectivity index (χ1n) is 10.8. The predicted octanol–water partition coefficient (Wildman–Crippen LogP) is 6.06. The Labute approximate surface area is 192 Å². The van der Waals surface area contributed by atoms with Gasteiger partial charge in [0.1, 0.15) is 11.4 Å². The van der Waals surface area contributed by atoms with Crippen molar-refractivity contribution in [2.24, 2.45) is 0 Å². The molecule has 0 atom stereocenters. The number of carbonyl (C=O) groups excluding carboxylic acids is 2. The van der Waals surface area contributed by atoms with Crippen LogP contribution >= 0.6 is 11.3 Å². The molecule has 0 saturated carbocycles. The van der Waals surface area contributed by atoms with E-state index in [1.165, 1.54) is 16.2 Å². The fraction of sp³-hybridized carbons (Fsp3) is 0.231. The Kier molecular flexibility index (Phi) is 6.42. The van der Waals surface area contributed by atoms with Crippen LogP contribution in [0.1, 0.15) is 43.6 Å². The zero-order valence-electron chi connectivity index (χ0n) is 18.4. The van der Waals surface area contributed by atoms with Gasteiger partial charge in [0.25, 0.3) is 11.8 Å². The zero-order chi connectivity index (χ0) is 22.7. The molecule has 2 amide bonds. The number of benzene rings is 2. The molecule has 5 nitrogen and oxygen atoms in total. The topological polar surface area (TPSA) is 58.6 Å². The van der Waals surface area contributed by atoms with Crippen LogP contribution in [0.5, 0.6) is 5.75 Å². The lowest BCUT2D eigenvalue weighted by molar-refractivity contribution is -0.120. The molecule has 2 aromatic carbocycles. The van der Waals surface area contributed by atoms with Crippen LogP contribution in [-0.2, 0) is 9.59 Å². The summed E-state index contributed by atoms with van der Waals surface area (Å²) in [6.45, 7) is 6.88. The van der Waals surface area contributed by atoms with Crippen molar-refractivity contribution in [1.82, 2.24) is 0 Å². The number of rotatable bonds is 8. The molecule has 0 aliphatic carbocycles. The van der Waals surface area contributed by atoms with E-state index in [1.807, 2.05) is 73.0 Å². The second-order valence-electron chi connectivity index (χ2n) is 7.92. The third kappa shape index (κ3) is 4.32. The molecule has 0 bridgehead atoms. The molecule has 164 valence electrons. The minimum absolute atomic E-state index is 0.276. The van der Waals surface area contributed by atoms with E-state index in [2.05, 4.69) is 19.2 Å². The molecule has 0 unspecified atom stereocenters. The van der Waals surface area contributed by atoms with Gasteiger partial charge in [0, 0.05) is 16.6 Å². The normalized spacial score (nSPS) is 13.9. The van der Waals surface area contributed by atoms with Crippen LogP contribution in [0.15, 0.2) is 71.7 Å². The van der Waals surface area contributed by atoms with Crippen molar-refractivity contribution in [3.05, 3.63) is 82.2 Å². The van der Waals surface area contributed by atoms with Gasteiger partial charge in [0.05, 0.1) is 17.9 Å². The molecule has 0 spiro atoms. The van der Waals surface area contributed by atoms with Crippen molar-refractivity contribution in [1.29, 1.82) is 0 Å². The number of hydrogen-bond acceptors (Lipinski definition) is 5. The summed E-state index contributed by atoms with van der Waals surface area (Å²) >= 11 is 1.44. The maximum absolute atomic E-state index is 13.5. The van der Waals surface area contributed by atoms with Gasteiger partial charge in [0.15, 0.2) is 0 Å². The Bertz CT molecular complexity index is 1150. The highest BCUT2D eigenvalue weighted by Crippen LogP contribution is 2.36. The van der Waals surface area contributed by atoms with Crippen LogP contribution in [0.25, 0.3) is 5.57 Å². The number of hydrogen-bond donors (Lipinski definition) is 1. The van der Waals surface area contributed by atoms with Gasteiger partial charge in [-0.2, -0.15) is 0 Å². The van der Waals surface area contributed by atoms with E-state index in [0.717, 1.165) is 16.9 Å². The fourth-order valence-electron chi connectivity index (χ4n) is 3.57. The predicted molar refractivity (Wildman–Crippen MR) is 130 cm³/mol. The quantitative estimate of drug-likeness (QED) is 0.428. The molecule has 3 aromatic rings. The van der Waals surface area contributed by atoms with E-state index >= 15 is 0 Å². The van der Waals surface area contributed by atoms with E-state index in [4.69, 9.17) is 4.74 Å². The van der Waals surface area contributed by atoms with Gasteiger partial charge in [-0.1, -0.05) is 45.0 Å². The minimum Gasteiger partial charge on any atom is -0.494 e. The first kappa shape index (κ1) is 21.8. The number of amides is 2. The number of nitrogens with zero attached hydrogens (tertiary/aromatic N) is 1. The monoisotopic (exact) mass is 446 g/mol. The summed E-state index contributed by atoms with van der Waals surface area (Å²) in [5, 5.41) is 5.10. The second kappa shape index (κ2) is 9.40. The average molecular weight is 447 g/mol. The van der Waals surface area contributed by atoms with Crippen LogP contribution in [-0.4, -0.2) is 18.4 Å². The lowest BCUT2D eigenvalue weighted by atomic mass is 10.0. The van der Waals surface area contributed by atoms with E-state index in [1.54, 1.807) is 0 Å². The van der Waals surface area contributed by atoms with Gasteiger partial charge in [-0.3, -0.25) is 9.59 Å². The molecule has 6 heteroatoms. The molecular formula is C26H26N2O3S. The van der Waals surface area contributed by atoms with Crippen molar-refractivity contribution in [2.45, 2.75) is 33.1 Å². The number of imide groups is 1. The second-order valence-corrected chi connectivity index (χ2v) is 8.87. The van der Waals surface area contributed by atoms with E-state index in [-0.39, 0.29) is 17.5 Å². The van der Waals surface area contributed by atoms with Gasteiger partial charge < -0.3 is 10.1 Å². The van der Waals surface area contributed by atoms with Gasteiger partial charge in [-0.15, -0.1) is 11.3 Å². The summed E-state index contributed by atoms with van der Waals surface area (Å²) in [6, 6.07) is 18.8. The highest BCUT2D eigenvalue weighted by atomic mass is 32.1. The van der Waals surface area contributed by atoms with Gasteiger partial charge in [0.2, 0.25) is 0 Å². The molecule has 0 radical (unpaired) electrons. The van der Waals surface area contributed by atoms with Crippen molar-refractivity contribution in [3.63, 3.8) is 0 Å². The largest absolute Gasteiger partial charge is 0.494 e. The van der Waals surface area contributed by atoms with Crippen LogP contribution in [0.2, 0.25) is 0 Å². The molecule has 1 N–H and O–H groups in total. The minimum atomic E-state index is -0.365. The van der Waals surface area contributed by atoms with Gasteiger partial charge in [-0.05, 0) is 53.6 Å². The smallest absolute Gasteiger partial charge is 0.282 e. The first-order valence-corrected chi connectivity index (χ1v) is 11.6. The van der Waals surface area contributed by atoms with Crippen LogP contribution in [0, 0.1) is 0 Å². The summed E-state index contributed by atoms with van der Waals surface area (Å²) in [6.07, 6.45) is 0.906. The summed E-state index contributed by atoms with van der Waals surface area (Å²) < 4.78 is 5.71. The van der Waals surface area contributed by atoms with Crippen LogP contribution in [0.3, 0.4) is 0 Å². The lowest BCUT2D eigenvalue weighted by Crippen LogP contribution is -2.32. The summed E-state index contributed by atoms with van der Waals surface area (Å²) in [5.74, 6) is 0.396. The molecule has 32 heavy (non-hydrogen) atoms. The molecule has 1 aliphatic rings. The van der Waals surface area contributed by atoms with Crippen molar-refractivity contribution in [2.75, 3.05) is 16.8 Å². The lowest BCUT2D eigenvalue weighted by Gasteiger charge is -2.16. The molecule has 4 rings (SSSR count). The highest BCUT2D eigenvalue weighted by Gasteiger charge is 2.40. The summed E-state index contributed by atoms with van der Waals surface area (Å²) in [7, 11) is 0. The molecule has 1 aliphatic heterocycles. The summed E-state index contributed by atoms with van der Waals surface area (Å²) in [5.41, 5.74) is 3.08. The first-order chi connectivity index (χ1) is 15.5. The maximum atomic E-state index is 13.5. The number of nitrogens with one attached hydrogen (secondary N) is 1. The highest BCUT2D eigenvalue weighted by molar-refractivity contribution is 7.11. The number of thiophene rings is 1. The van der Waals surface area contributed by atoms with Crippen molar-refractivity contribution >= 4 is 40.1 Å². The Morgan fingerprint density at radius 2 is 1.78 bits per heavy atom. The van der Waals surface area contributed by atoms with Gasteiger partial charge >= 0.3 is 0 Å². The number of anilines is 2. The Morgan fingerprint density at radius 1 is 1.00 bits per heavy atom. The molecular weight excluding hydrogens is 420 g/mol. The number of carbonyl (C=O) groups is 2. The standard InChI is InChI=1S/C26H26N2O3S/c1-4-14-31-21-8-5-7-19(16-21)27-24-23(22-9-6-15-32-22)25(29)28(26(24)30)20-12-10-18(11-13-20)17(2)3/h5-13,15-17,27H,4,14H2,1-3H3. The molecule has 0 fully saturated rings. The Hall–Kier alpha value is -3.38. The van der Waals surface area contributed by atoms with Crippen molar-refractivity contribution in [3.8, 4) is 5.75 Å². The average Bonchev–Trinajstić information content (AvgIpc) is 3.39. The van der Waals surface area contributed by atoms with Crippen molar-refractivity contribution < 1.29 is 14.3 Å². The van der Waals surface area contributed by atoms with E-state index in [9.17, 15) is 9.59 Å². The Morgan fingerprint density at radius 3 is 2.44 bits per heavy atom. The molecule has 0 saturated heterocycles. The molecule has 2 heterocycles. The number of ether oxygens (including phenoxy) is 1. The van der Waals surface area contributed by atoms with Gasteiger partial charge in [-0.25, -0.2) is 4.90 Å². The van der Waals surface area contributed by atoms with E-state index < -0.39 is 0 Å². The summed E-state index contributed by atoms with van der Waals surface area (Å²) in [4.78, 5) is 28.9. The van der Waals surface area contributed by atoms with E-state index in [0.29, 0.717) is 35.2 Å². The molecule has 1 aromatic heterocycles. The maximum Gasteiger partial charge on any atom is 0.282 e. The van der Waals surface area contributed by atoms with Crippen LogP contribution in [0.4, 0.5) is 11.4 Å². The third-order valence-electron chi connectivity index (χ3n) is 5.25. The fourth-order valence-corrected chi connectivity index (χ4v) is 4.33. The third-order valence-corrected chi connectivity index (χ3v) is 6.13. The van der Waals surface area contributed by atoms with Crippen LogP contribution < -0.4 is 15.0 Å². The Balaban J connectivity index is 1.70.